The van der Waals surface area contributed by atoms with Crippen LogP contribution >= 0.6 is 0 Å². The fourth-order valence-corrected chi connectivity index (χ4v) is 1.14. The molecule has 0 spiro atoms. The van der Waals surface area contributed by atoms with Crippen molar-refractivity contribution in [2.45, 2.75) is 19.1 Å². The molecule has 1 aromatic rings. The van der Waals surface area contributed by atoms with Crippen molar-refractivity contribution in [1.82, 2.24) is 0 Å². The van der Waals surface area contributed by atoms with Gasteiger partial charge in [0.15, 0.2) is 0 Å². The van der Waals surface area contributed by atoms with Gasteiger partial charge in [0, 0.05) is 6.04 Å². The molecule has 2 N–H and O–H groups in total. The van der Waals surface area contributed by atoms with Crippen LogP contribution in [0.1, 0.15) is 18.0 Å². The number of nitrogens with zero attached hydrogens (tertiary/aromatic N) is 1. The van der Waals surface area contributed by atoms with Crippen LogP contribution in [0.5, 0.6) is 5.75 Å². The van der Waals surface area contributed by atoms with Crippen molar-refractivity contribution in [2.24, 2.45) is 5.73 Å². The molecule has 0 saturated heterocycles. The molecule has 1 aromatic carbocycles. The van der Waals surface area contributed by atoms with Gasteiger partial charge in [0.05, 0.1) is 12.5 Å². The van der Waals surface area contributed by atoms with E-state index in [1.54, 1.807) is 12.1 Å². The summed E-state index contributed by atoms with van der Waals surface area (Å²) in [7, 11) is 0. The number of rotatable bonds is 4. The van der Waals surface area contributed by atoms with Crippen LogP contribution in [0.3, 0.4) is 0 Å². The summed E-state index contributed by atoms with van der Waals surface area (Å²) in [6.45, 7) is -2.85. The first-order chi connectivity index (χ1) is 7.13. The molecule has 0 aliphatic carbocycles. The van der Waals surface area contributed by atoms with Crippen molar-refractivity contribution in [3.05, 3.63) is 29.8 Å². The third-order valence-electron chi connectivity index (χ3n) is 1.82. The van der Waals surface area contributed by atoms with Crippen molar-refractivity contribution in [3.8, 4) is 11.8 Å². The van der Waals surface area contributed by atoms with Gasteiger partial charge >= 0.3 is 6.61 Å². The predicted octanol–water partition coefficient (Wildman–Crippen LogP) is 2.20. The van der Waals surface area contributed by atoms with Gasteiger partial charge in [0.2, 0.25) is 0 Å². The number of hydrogen-bond donors (Lipinski definition) is 1. The summed E-state index contributed by atoms with van der Waals surface area (Å²) < 4.78 is 28.0. The number of ether oxygens (including phenoxy) is 1. The monoisotopic (exact) mass is 212 g/mol. The molecule has 0 unspecified atom stereocenters. The van der Waals surface area contributed by atoms with E-state index >= 15 is 0 Å². The van der Waals surface area contributed by atoms with E-state index in [0.717, 1.165) is 0 Å². The molecule has 0 aliphatic rings. The Morgan fingerprint density at radius 3 is 2.80 bits per heavy atom. The molecule has 0 aromatic heterocycles. The van der Waals surface area contributed by atoms with Crippen LogP contribution < -0.4 is 10.5 Å². The Bertz CT molecular complexity index is 363. The smallest absolute Gasteiger partial charge is 0.387 e. The van der Waals surface area contributed by atoms with E-state index in [2.05, 4.69) is 4.74 Å². The molecule has 0 fully saturated rings. The summed E-state index contributed by atoms with van der Waals surface area (Å²) in [5, 5.41) is 8.43. The topological polar surface area (TPSA) is 59.0 Å². The Kier molecular flexibility index (Phi) is 4.01. The maximum Gasteiger partial charge on any atom is 0.387 e. The lowest BCUT2D eigenvalue weighted by Crippen LogP contribution is -2.10. The molecule has 0 amide bonds. The Labute approximate surface area is 86.1 Å². The third kappa shape index (κ3) is 3.52. The van der Waals surface area contributed by atoms with Crippen molar-refractivity contribution < 1.29 is 13.5 Å². The SMILES string of the molecule is N#CC[C@H](N)c1cccc(OC(F)F)c1. The molecular weight excluding hydrogens is 202 g/mol. The zero-order valence-corrected chi connectivity index (χ0v) is 7.86. The van der Waals surface area contributed by atoms with Gasteiger partial charge in [-0.25, -0.2) is 0 Å². The van der Waals surface area contributed by atoms with Crippen LogP contribution in [-0.2, 0) is 0 Å². The molecule has 0 heterocycles. The largest absolute Gasteiger partial charge is 0.435 e. The van der Waals surface area contributed by atoms with E-state index in [-0.39, 0.29) is 12.2 Å². The minimum absolute atomic E-state index is 0.0517. The van der Waals surface area contributed by atoms with Crippen LogP contribution in [0.25, 0.3) is 0 Å². The number of nitriles is 1. The average molecular weight is 212 g/mol. The van der Waals surface area contributed by atoms with Crippen molar-refractivity contribution in [3.63, 3.8) is 0 Å². The maximum atomic E-state index is 11.9. The van der Waals surface area contributed by atoms with Gasteiger partial charge in [-0.1, -0.05) is 12.1 Å². The molecular formula is C10H10F2N2O. The van der Waals surface area contributed by atoms with Crippen LogP contribution in [0.4, 0.5) is 8.78 Å². The third-order valence-corrected chi connectivity index (χ3v) is 1.82. The second-order valence-electron chi connectivity index (χ2n) is 2.92. The highest BCUT2D eigenvalue weighted by Crippen LogP contribution is 2.20. The van der Waals surface area contributed by atoms with Gasteiger partial charge in [-0.2, -0.15) is 14.0 Å². The summed E-state index contributed by atoms with van der Waals surface area (Å²) in [5.74, 6) is 0.0517. The van der Waals surface area contributed by atoms with Crippen molar-refractivity contribution >= 4 is 0 Å². The van der Waals surface area contributed by atoms with Crippen LogP contribution in [0.15, 0.2) is 24.3 Å². The fraction of sp³-hybridized carbons (Fsp3) is 0.300. The fourth-order valence-electron chi connectivity index (χ4n) is 1.14. The lowest BCUT2D eigenvalue weighted by molar-refractivity contribution is -0.0498. The second-order valence-corrected chi connectivity index (χ2v) is 2.92. The van der Waals surface area contributed by atoms with Crippen LogP contribution in [0.2, 0.25) is 0 Å². The summed E-state index contributed by atoms with van der Waals surface area (Å²) in [6, 6.07) is 7.49. The van der Waals surface area contributed by atoms with Gasteiger partial charge < -0.3 is 10.5 Å². The maximum absolute atomic E-state index is 11.9. The summed E-state index contributed by atoms with van der Waals surface area (Å²) in [6.07, 6.45) is 0.137. The highest BCUT2D eigenvalue weighted by Gasteiger charge is 2.08. The van der Waals surface area contributed by atoms with Gasteiger partial charge in [-0.05, 0) is 17.7 Å². The van der Waals surface area contributed by atoms with E-state index < -0.39 is 12.7 Å². The molecule has 3 nitrogen and oxygen atoms in total. The molecule has 0 radical (unpaired) electrons. The lowest BCUT2D eigenvalue weighted by atomic mass is 10.1. The first kappa shape index (κ1) is 11.4. The van der Waals surface area contributed by atoms with Crippen molar-refractivity contribution in [2.75, 3.05) is 0 Å². The van der Waals surface area contributed by atoms with Crippen LogP contribution in [-0.4, -0.2) is 6.61 Å². The predicted molar refractivity (Wildman–Crippen MR) is 50.2 cm³/mol. The molecule has 15 heavy (non-hydrogen) atoms. The van der Waals surface area contributed by atoms with Gasteiger partial charge in [0.25, 0.3) is 0 Å². The first-order valence-electron chi connectivity index (χ1n) is 4.31. The Morgan fingerprint density at radius 1 is 1.47 bits per heavy atom. The Morgan fingerprint density at radius 2 is 2.20 bits per heavy atom. The average Bonchev–Trinajstić information content (AvgIpc) is 2.17. The van der Waals surface area contributed by atoms with E-state index in [9.17, 15) is 8.78 Å². The zero-order valence-electron chi connectivity index (χ0n) is 7.86. The number of alkyl halides is 2. The van der Waals surface area contributed by atoms with E-state index in [0.29, 0.717) is 5.56 Å². The van der Waals surface area contributed by atoms with E-state index in [1.165, 1.54) is 12.1 Å². The molecule has 5 heteroatoms. The molecule has 0 bridgehead atoms. The molecule has 80 valence electrons. The number of halogens is 2. The van der Waals surface area contributed by atoms with Gasteiger partial charge in [0.1, 0.15) is 5.75 Å². The highest BCUT2D eigenvalue weighted by atomic mass is 19.3. The molecule has 0 aliphatic heterocycles. The summed E-state index contributed by atoms with van der Waals surface area (Å²) >= 11 is 0. The van der Waals surface area contributed by atoms with Gasteiger partial charge in [-0.15, -0.1) is 0 Å². The first-order valence-corrected chi connectivity index (χ1v) is 4.31. The van der Waals surface area contributed by atoms with Gasteiger partial charge in [-0.3, -0.25) is 0 Å². The van der Waals surface area contributed by atoms with E-state index in [1.807, 2.05) is 6.07 Å². The Balaban J connectivity index is 2.78. The Hall–Kier alpha value is -1.67. The minimum atomic E-state index is -2.85. The molecule has 1 rings (SSSR count). The minimum Gasteiger partial charge on any atom is -0.435 e. The molecule has 0 saturated carbocycles. The number of nitrogens with two attached hydrogens (primary N) is 1. The van der Waals surface area contributed by atoms with E-state index in [4.69, 9.17) is 11.0 Å². The number of benzene rings is 1. The van der Waals surface area contributed by atoms with Crippen LogP contribution in [0, 0.1) is 11.3 Å². The summed E-state index contributed by atoms with van der Waals surface area (Å²) in [4.78, 5) is 0. The lowest BCUT2D eigenvalue weighted by Gasteiger charge is -2.10. The highest BCUT2D eigenvalue weighted by molar-refractivity contribution is 5.30. The normalized spacial score (nSPS) is 12.2. The quantitative estimate of drug-likeness (QED) is 0.832. The zero-order chi connectivity index (χ0) is 11.3. The summed E-state index contributed by atoms with van der Waals surface area (Å²) in [5.41, 5.74) is 6.25. The second kappa shape index (κ2) is 5.27. The standard InChI is InChI=1S/C10H10F2N2O/c11-10(12)15-8-3-1-2-7(6-8)9(14)4-5-13/h1-3,6,9-10H,4,14H2/t9-/m0/s1. The molecule has 1 atom stereocenters. The number of hydrogen-bond acceptors (Lipinski definition) is 3. The van der Waals surface area contributed by atoms with Crippen molar-refractivity contribution in [1.29, 1.82) is 5.26 Å².